The molecule has 8 nitrogen and oxygen atoms in total. The van der Waals surface area contributed by atoms with E-state index in [9.17, 15) is 14.4 Å². The van der Waals surface area contributed by atoms with Gasteiger partial charge in [0.15, 0.2) is 5.78 Å². The lowest BCUT2D eigenvalue weighted by Gasteiger charge is -2.30. The molecule has 2 aromatic rings. The molecule has 1 aromatic heterocycles. The highest BCUT2D eigenvalue weighted by Crippen LogP contribution is 2.36. The lowest BCUT2D eigenvalue weighted by molar-refractivity contribution is -0.123. The number of nitrogens with zero attached hydrogens (tertiary/aromatic N) is 2. The number of anilines is 1. The summed E-state index contributed by atoms with van der Waals surface area (Å²) >= 11 is 0. The van der Waals surface area contributed by atoms with E-state index >= 15 is 0 Å². The number of Topliss-reactive ketones (excluding diaryl/α,β-unsaturated/α-hetero) is 1. The molecule has 1 saturated carbocycles. The van der Waals surface area contributed by atoms with Crippen LogP contribution in [0.2, 0.25) is 0 Å². The van der Waals surface area contributed by atoms with E-state index in [2.05, 4.69) is 6.92 Å². The molecule has 1 aliphatic carbocycles. The highest BCUT2D eigenvalue weighted by molar-refractivity contribution is 6.03. The second kappa shape index (κ2) is 12.3. The van der Waals surface area contributed by atoms with Gasteiger partial charge in [-0.05, 0) is 38.5 Å². The van der Waals surface area contributed by atoms with E-state index in [4.69, 9.17) is 19.2 Å². The van der Waals surface area contributed by atoms with Gasteiger partial charge in [0.1, 0.15) is 11.3 Å². The lowest BCUT2D eigenvalue weighted by atomic mass is 9.82. The normalized spacial score (nSPS) is 17.4. The van der Waals surface area contributed by atoms with Gasteiger partial charge < -0.3 is 13.9 Å². The SMILES string of the molecule is CCOC(=O)c1cc(-c2ccc(C(=O)CC#N)cc2)oc1N(CCOC)C(=O)[C@H]1CC[C@H](C)CC1. The third-order valence-electron chi connectivity index (χ3n) is 6.33. The maximum absolute atomic E-state index is 13.6. The number of rotatable bonds is 10. The van der Waals surface area contributed by atoms with Crippen LogP contribution in [0.4, 0.5) is 5.88 Å². The zero-order valence-corrected chi connectivity index (χ0v) is 20.5. The highest BCUT2D eigenvalue weighted by atomic mass is 16.5. The Morgan fingerprint density at radius 1 is 1.14 bits per heavy atom. The van der Waals surface area contributed by atoms with Crippen LogP contribution in [0.25, 0.3) is 11.3 Å². The van der Waals surface area contributed by atoms with Crippen molar-refractivity contribution in [2.75, 3.05) is 31.8 Å². The van der Waals surface area contributed by atoms with Gasteiger partial charge in [-0.15, -0.1) is 0 Å². The zero-order chi connectivity index (χ0) is 25.4. The molecule has 186 valence electrons. The standard InChI is InChI=1S/C27H32N2O6/c1-4-34-27(32)22-17-24(20-11-9-19(10-12-20)23(30)13-14-28)35-26(22)29(15-16-33-3)25(31)21-7-5-18(2)6-8-21/h9-12,17-18,21H,4-8,13,15-16H2,1-3H3/t18-,21-. The van der Waals surface area contributed by atoms with Gasteiger partial charge >= 0.3 is 5.97 Å². The number of ether oxygens (including phenoxy) is 2. The molecule has 0 atom stereocenters. The Morgan fingerprint density at radius 3 is 2.43 bits per heavy atom. The van der Waals surface area contributed by atoms with E-state index in [1.807, 2.05) is 6.07 Å². The minimum atomic E-state index is -0.578. The van der Waals surface area contributed by atoms with Crippen molar-refractivity contribution in [3.05, 3.63) is 41.5 Å². The third-order valence-corrected chi connectivity index (χ3v) is 6.33. The first-order valence-corrected chi connectivity index (χ1v) is 12.0. The van der Waals surface area contributed by atoms with Gasteiger partial charge in [-0.25, -0.2) is 4.79 Å². The average molecular weight is 481 g/mol. The van der Waals surface area contributed by atoms with Crippen molar-refractivity contribution in [3.63, 3.8) is 0 Å². The van der Waals surface area contributed by atoms with Gasteiger partial charge in [-0.3, -0.25) is 14.5 Å². The number of nitriles is 1. The van der Waals surface area contributed by atoms with E-state index < -0.39 is 5.97 Å². The second-order valence-electron chi connectivity index (χ2n) is 8.82. The number of esters is 1. The fourth-order valence-electron chi connectivity index (χ4n) is 4.30. The van der Waals surface area contributed by atoms with E-state index in [0.29, 0.717) is 22.8 Å². The van der Waals surface area contributed by atoms with Crippen LogP contribution in [0.15, 0.2) is 34.7 Å². The average Bonchev–Trinajstić information content (AvgIpc) is 3.30. The van der Waals surface area contributed by atoms with Crippen LogP contribution in [-0.4, -0.2) is 44.5 Å². The number of benzene rings is 1. The number of carbonyl (C=O) groups is 3. The van der Waals surface area contributed by atoms with Crippen molar-refractivity contribution in [1.29, 1.82) is 5.26 Å². The molecule has 1 fully saturated rings. The molecule has 1 aromatic carbocycles. The molecule has 0 N–H and O–H groups in total. The number of methoxy groups -OCH3 is 1. The van der Waals surface area contributed by atoms with E-state index in [0.717, 1.165) is 25.7 Å². The van der Waals surface area contributed by atoms with Crippen LogP contribution in [-0.2, 0) is 14.3 Å². The topological polar surface area (TPSA) is 110 Å². The number of carbonyl (C=O) groups excluding carboxylic acids is 3. The molecule has 1 aliphatic rings. The quantitative estimate of drug-likeness (QED) is 0.347. The zero-order valence-electron chi connectivity index (χ0n) is 20.5. The number of furan rings is 1. The molecule has 0 bridgehead atoms. The number of amides is 1. The maximum Gasteiger partial charge on any atom is 0.343 e. The molecule has 8 heteroatoms. The summed E-state index contributed by atoms with van der Waals surface area (Å²) < 4.78 is 16.6. The molecule has 0 spiro atoms. The fraction of sp³-hybridized carbons (Fsp3) is 0.481. The first kappa shape index (κ1) is 26.2. The van der Waals surface area contributed by atoms with Crippen molar-refractivity contribution < 1.29 is 28.3 Å². The van der Waals surface area contributed by atoms with Crippen molar-refractivity contribution in [3.8, 4) is 17.4 Å². The molecule has 1 amide bonds. The van der Waals surface area contributed by atoms with Crippen LogP contribution in [0.1, 0.15) is 66.7 Å². The summed E-state index contributed by atoms with van der Waals surface area (Å²) in [4.78, 5) is 39.9. The second-order valence-corrected chi connectivity index (χ2v) is 8.82. The summed E-state index contributed by atoms with van der Waals surface area (Å²) in [6, 6.07) is 10.0. The Hall–Kier alpha value is -3.44. The molecular formula is C27H32N2O6. The van der Waals surface area contributed by atoms with Crippen LogP contribution >= 0.6 is 0 Å². The first-order valence-electron chi connectivity index (χ1n) is 12.0. The predicted molar refractivity (Wildman–Crippen MR) is 130 cm³/mol. The summed E-state index contributed by atoms with van der Waals surface area (Å²) in [6.07, 6.45) is 3.36. The summed E-state index contributed by atoms with van der Waals surface area (Å²) in [7, 11) is 1.56. The van der Waals surface area contributed by atoms with Gasteiger partial charge in [0.25, 0.3) is 0 Å². The molecule has 1 heterocycles. The lowest BCUT2D eigenvalue weighted by Crippen LogP contribution is -2.40. The van der Waals surface area contributed by atoms with Crippen LogP contribution in [0, 0.1) is 23.2 Å². The minimum absolute atomic E-state index is 0.0853. The predicted octanol–water partition coefficient (Wildman–Crippen LogP) is 5.03. The number of ketones is 1. The molecule has 0 unspecified atom stereocenters. The highest BCUT2D eigenvalue weighted by Gasteiger charge is 2.33. The molecular weight excluding hydrogens is 448 g/mol. The van der Waals surface area contributed by atoms with Crippen molar-refractivity contribution >= 4 is 23.5 Å². The van der Waals surface area contributed by atoms with E-state index in [1.165, 1.54) is 4.90 Å². The Labute approximate surface area is 205 Å². The van der Waals surface area contributed by atoms with Gasteiger partial charge in [0.05, 0.1) is 32.2 Å². The van der Waals surface area contributed by atoms with Crippen molar-refractivity contribution in [2.24, 2.45) is 11.8 Å². The Kier molecular flexibility index (Phi) is 9.21. The largest absolute Gasteiger partial charge is 0.462 e. The van der Waals surface area contributed by atoms with Crippen LogP contribution in [0.5, 0.6) is 0 Å². The van der Waals surface area contributed by atoms with Crippen molar-refractivity contribution in [2.45, 2.75) is 46.0 Å². The number of hydrogen-bond acceptors (Lipinski definition) is 7. The summed E-state index contributed by atoms with van der Waals surface area (Å²) in [5, 5.41) is 8.75. The van der Waals surface area contributed by atoms with Gasteiger partial charge in [0.2, 0.25) is 11.8 Å². The van der Waals surface area contributed by atoms with Gasteiger partial charge in [-0.1, -0.05) is 31.2 Å². The molecule has 3 rings (SSSR count). The Balaban J connectivity index is 1.98. The molecule has 0 saturated heterocycles. The Bertz CT molecular complexity index is 1070. The van der Waals surface area contributed by atoms with Gasteiger partial charge in [-0.2, -0.15) is 5.26 Å². The Morgan fingerprint density at radius 2 is 1.83 bits per heavy atom. The summed E-state index contributed by atoms with van der Waals surface area (Å²) in [6.45, 7) is 4.61. The van der Waals surface area contributed by atoms with Crippen LogP contribution < -0.4 is 4.90 Å². The first-order chi connectivity index (χ1) is 16.9. The maximum atomic E-state index is 13.6. The summed E-state index contributed by atoms with van der Waals surface area (Å²) in [5.41, 5.74) is 1.21. The summed E-state index contributed by atoms with van der Waals surface area (Å²) in [5.74, 6) is 0.0311. The van der Waals surface area contributed by atoms with E-state index in [-0.39, 0.29) is 55.2 Å². The number of hydrogen-bond donors (Lipinski definition) is 0. The molecule has 0 radical (unpaired) electrons. The van der Waals surface area contributed by atoms with Gasteiger partial charge in [0, 0.05) is 30.2 Å². The molecule has 0 aliphatic heterocycles. The minimum Gasteiger partial charge on any atom is -0.462 e. The smallest absolute Gasteiger partial charge is 0.343 e. The van der Waals surface area contributed by atoms with Crippen LogP contribution in [0.3, 0.4) is 0 Å². The fourth-order valence-corrected chi connectivity index (χ4v) is 4.30. The monoisotopic (exact) mass is 480 g/mol. The van der Waals surface area contributed by atoms with E-state index in [1.54, 1.807) is 44.4 Å². The third kappa shape index (κ3) is 6.37. The molecule has 35 heavy (non-hydrogen) atoms. The van der Waals surface area contributed by atoms with Crippen molar-refractivity contribution in [1.82, 2.24) is 0 Å².